The average molecular weight is 341 g/mol. The van der Waals surface area contributed by atoms with Crippen LogP contribution in [0.3, 0.4) is 0 Å². The first-order valence-electron chi connectivity index (χ1n) is 8.55. The number of nitrogens with one attached hydrogen (secondary N) is 2. The number of aromatic nitrogens is 1. The van der Waals surface area contributed by atoms with Crippen molar-refractivity contribution in [2.75, 3.05) is 18.5 Å². The van der Waals surface area contributed by atoms with E-state index in [1.165, 1.54) is 5.56 Å². The number of rotatable bonds is 6. The second kappa shape index (κ2) is 8.51. The third-order valence-corrected chi connectivity index (χ3v) is 3.75. The lowest BCUT2D eigenvalue weighted by Crippen LogP contribution is -2.30. The molecule has 0 unspecified atom stereocenters. The lowest BCUT2D eigenvalue weighted by Gasteiger charge is -2.19. The standard InChI is InChI=1S/C20H27N3O2/c1-15-6-11-18(22-14-15)23-19(24)21-12-5-13-25-17-9-7-16(8-10-17)20(2,3)4/h6-11,14H,5,12-13H2,1-4H3,(H2,21,22,23,24). The van der Waals surface area contributed by atoms with E-state index in [4.69, 9.17) is 4.74 Å². The molecule has 2 aromatic rings. The van der Waals surface area contributed by atoms with E-state index in [0.29, 0.717) is 19.0 Å². The van der Waals surface area contributed by atoms with Gasteiger partial charge >= 0.3 is 6.03 Å². The number of urea groups is 1. The number of pyridine rings is 1. The van der Waals surface area contributed by atoms with Crippen molar-refractivity contribution in [3.8, 4) is 5.75 Å². The molecule has 0 aliphatic rings. The molecule has 0 fully saturated rings. The summed E-state index contributed by atoms with van der Waals surface area (Å²) in [6, 6.07) is 11.6. The summed E-state index contributed by atoms with van der Waals surface area (Å²) >= 11 is 0. The molecule has 0 saturated heterocycles. The number of hydrogen-bond acceptors (Lipinski definition) is 3. The summed E-state index contributed by atoms with van der Waals surface area (Å²) in [5.74, 6) is 1.39. The summed E-state index contributed by atoms with van der Waals surface area (Å²) in [6.07, 6.45) is 2.45. The second-order valence-corrected chi connectivity index (χ2v) is 7.08. The van der Waals surface area contributed by atoms with Gasteiger partial charge < -0.3 is 10.1 Å². The highest BCUT2D eigenvalue weighted by molar-refractivity contribution is 5.88. The van der Waals surface area contributed by atoms with Crippen LogP contribution in [0.4, 0.5) is 10.6 Å². The Morgan fingerprint density at radius 1 is 1.12 bits per heavy atom. The quantitative estimate of drug-likeness (QED) is 0.771. The number of aryl methyl sites for hydroxylation is 1. The van der Waals surface area contributed by atoms with Crippen LogP contribution in [0.25, 0.3) is 0 Å². The maximum Gasteiger partial charge on any atom is 0.320 e. The topological polar surface area (TPSA) is 63.2 Å². The van der Waals surface area contributed by atoms with E-state index in [1.54, 1.807) is 12.3 Å². The Morgan fingerprint density at radius 3 is 2.44 bits per heavy atom. The van der Waals surface area contributed by atoms with E-state index >= 15 is 0 Å². The number of carbonyl (C=O) groups is 1. The van der Waals surface area contributed by atoms with Crippen LogP contribution in [-0.4, -0.2) is 24.2 Å². The van der Waals surface area contributed by atoms with Gasteiger partial charge in [-0.15, -0.1) is 0 Å². The average Bonchev–Trinajstić information content (AvgIpc) is 2.56. The smallest absolute Gasteiger partial charge is 0.320 e. The molecular weight excluding hydrogens is 314 g/mol. The van der Waals surface area contributed by atoms with Gasteiger partial charge in [0.1, 0.15) is 11.6 Å². The zero-order valence-corrected chi connectivity index (χ0v) is 15.4. The fourth-order valence-corrected chi connectivity index (χ4v) is 2.22. The summed E-state index contributed by atoms with van der Waals surface area (Å²) in [7, 11) is 0. The minimum Gasteiger partial charge on any atom is -0.494 e. The zero-order valence-electron chi connectivity index (χ0n) is 15.4. The van der Waals surface area contributed by atoms with Crippen molar-refractivity contribution < 1.29 is 9.53 Å². The molecule has 0 aliphatic heterocycles. The Morgan fingerprint density at radius 2 is 1.84 bits per heavy atom. The minimum absolute atomic E-state index is 0.141. The van der Waals surface area contributed by atoms with Gasteiger partial charge in [0.25, 0.3) is 0 Å². The van der Waals surface area contributed by atoms with Crippen molar-refractivity contribution >= 4 is 11.8 Å². The van der Waals surface area contributed by atoms with Gasteiger partial charge in [-0.3, -0.25) is 5.32 Å². The molecule has 1 aromatic carbocycles. The highest BCUT2D eigenvalue weighted by Gasteiger charge is 2.12. The first-order chi connectivity index (χ1) is 11.8. The minimum atomic E-state index is -0.258. The Balaban J connectivity index is 1.64. The van der Waals surface area contributed by atoms with Gasteiger partial charge in [-0.1, -0.05) is 39.0 Å². The summed E-state index contributed by atoms with van der Waals surface area (Å²) < 4.78 is 5.70. The highest BCUT2D eigenvalue weighted by atomic mass is 16.5. The molecule has 0 radical (unpaired) electrons. The monoisotopic (exact) mass is 341 g/mol. The molecule has 1 heterocycles. The van der Waals surface area contributed by atoms with Crippen LogP contribution in [0.1, 0.15) is 38.3 Å². The van der Waals surface area contributed by atoms with Crippen LogP contribution in [0.5, 0.6) is 5.75 Å². The van der Waals surface area contributed by atoms with E-state index in [2.05, 4.69) is 48.5 Å². The van der Waals surface area contributed by atoms with Gasteiger partial charge in [-0.25, -0.2) is 9.78 Å². The lowest BCUT2D eigenvalue weighted by atomic mass is 9.87. The van der Waals surface area contributed by atoms with Gasteiger partial charge in [0.15, 0.2) is 0 Å². The lowest BCUT2D eigenvalue weighted by molar-refractivity contribution is 0.250. The number of carbonyl (C=O) groups excluding carboxylic acids is 1. The molecule has 0 bridgehead atoms. The molecule has 5 nitrogen and oxygen atoms in total. The maximum absolute atomic E-state index is 11.8. The molecule has 0 spiro atoms. The van der Waals surface area contributed by atoms with E-state index in [1.807, 2.05) is 25.1 Å². The van der Waals surface area contributed by atoms with E-state index < -0.39 is 0 Å². The fourth-order valence-electron chi connectivity index (χ4n) is 2.22. The van der Waals surface area contributed by atoms with E-state index in [0.717, 1.165) is 17.7 Å². The van der Waals surface area contributed by atoms with Crippen molar-refractivity contribution in [2.45, 2.75) is 39.5 Å². The zero-order chi connectivity index (χ0) is 18.3. The van der Waals surface area contributed by atoms with Crippen LogP contribution in [-0.2, 0) is 5.41 Å². The Kier molecular flexibility index (Phi) is 6.39. The normalized spacial score (nSPS) is 11.0. The number of benzene rings is 1. The summed E-state index contributed by atoms with van der Waals surface area (Å²) in [5.41, 5.74) is 2.48. The van der Waals surface area contributed by atoms with Crippen molar-refractivity contribution in [3.63, 3.8) is 0 Å². The number of nitrogens with zero attached hydrogens (tertiary/aromatic N) is 1. The highest BCUT2D eigenvalue weighted by Crippen LogP contribution is 2.24. The number of amides is 2. The molecular formula is C20H27N3O2. The van der Waals surface area contributed by atoms with Gasteiger partial charge in [0, 0.05) is 12.7 Å². The van der Waals surface area contributed by atoms with Crippen LogP contribution >= 0.6 is 0 Å². The Bertz CT molecular complexity index is 674. The molecule has 2 rings (SSSR count). The van der Waals surface area contributed by atoms with Gasteiger partial charge in [0.2, 0.25) is 0 Å². The van der Waals surface area contributed by atoms with E-state index in [-0.39, 0.29) is 11.4 Å². The number of hydrogen-bond donors (Lipinski definition) is 2. The number of ether oxygens (including phenoxy) is 1. The predicted octanol–water partition coefficient (Wildman–Crippen LogP) is 4.28. The summed E-state index contributed by atoms with van der Waals surface area (Å²) in [4.78, 5) is 15.9. The molecule has 2 N–H and O–H groups in total. The predicted molar refractivity (Wildman–Crippen MR) is 101 cm³/mol. The third-order valence-electron chi connectivity index (χ3n) is 3.75. The largest absolute Gasteiger partial charge is 0.494 e. The van der Waals surface area contributed by atoms with E-state index in [9.17, 15) is 4.79 Å². The molecule has 2 amide bonds. The van der Waals surface area contributed by atoms with Crippen molar-refractivity contribution in [1.29, 1.82) is 0 Å². The Hall–Kier alpha value is -2.56. The fraction of sp³-hybridized carbons (Fsp3) is 0.400. The van der Waals surface area contributed by atoms with Crippen LogP contribution in [0.2, 0.25) is 0 Å². The first kappa shape index (κ1) is 18.8. The molecule has 25 heavy (non-hydrogen) atoms. The number of anilines is 1. The van der Waals surface area contributed by atoms with Crippen molar-refractivity contribution in [2.24, 2.45) is 0 Å². The molecule has 134 valence electrons. The molecule has 5 heteroatoms. The summed E-state index contributed by atoms with van der Waals surface area (Å²) in [6.45, 7) is 9.60. The Labute approximate surface area is 149 Å². The second-order valence-electron chi connectivity index (χ2n) is 7.08. The van der Waals surface area contributed by atoms with Crippen LogP contribution in [0.15, 0.2) is 42.6 Å². The maximum atomic E-state index is 11.8. The molecule has 1 aromatic heterocycles. The van der Waals surface area contributed by atoms with Crippen LogP contribution in [0, 0.1) is 6.92 Å². The summed E-state index contributed by atoms with van der Waals surface area (Å²) in [5, 5.41) is 5.49. The van der Waals surface area contributed by atoms with Crippen LogP contribution < -0.4 is 15.4 Å². The first-order valence-corrected chi connectivity index (χ1v) is 8.55. The molecule has 0 aliphatic carbocycles. The van der Waals surface area contributed by atoms with Gasteiger partial charge in [-0.2, -0.15) is 0 Å². The molecule has 0 saturated carbocycles. The van der Waals surface area contributed by atoms with Crippen molar-refractivity contribution in [3.05, 3.63) is 53.7 Å². The van der Waals surface area contributed by atoms with Gasteiger partial charge in [-0.05, 0) is 48.1 Å². The third kappa shape index (κ3) is 6.45. The SMILES string of the molecule is Cc1ccc(NC(=O)NCCCOc2ccc(C(C)(C)C)cc2)nc1. The molecule has 0 atom stereocenters. The van der Waals surface area contributed by atoms with Crippen molar-refractivity contribution in [1.82, 2.24) is 10.3 Å². The van der Waals surface area contributed by atoms with Gasteiger partial charge in [0.05, 0.1) is 6.61 Å².